The van der Waals surface area contributed by atoms with Crippen molar-refractivity contribution in [3.05, 3.63) is 23.2 Å². The molecule has 5 heteroatoms. The van der Waals surface area contributed by atoms with E-state index in [0.29, 0.717) is 16.1 Å². The molecule has 3 rings (SSSR count). The summed E-state index contributed by atoms with van der Waals surface area (Å²) in [7, 11) is 0. The van der Waals surface area contributed by atoms with E-state index in [1.54, 1.807) is 6.07 Å². The van der Waals surface area contributed by atoms with Gasteiger partial charge in [0.05, 0.1) is 10.2 Å². The van der Waals surface area contributed by atoms with Crippen LogP contribution in [-0.2, 0) is 4.79 Å². The van der Waals surface area contributed by atoms with E-state index in [1.807, 2.05) is 12.1 Å². The molecular formula is C12H11ClN2OS. The van der Waals surface area contributed by atoms with E-state index in [2.05, 4.69) is 17.2 Å². The van der Waals surface area contributed by atoms with Gasteiger partial charge in [0.25, 0.3) is 0 Å². The summed E-state index contributed by atoms with van der Waals surface area (Å²) in [6.45, 7) is 2.09. The van der Waals surface area contributed by atoms with E-state index in [-0.39, 0.29) is 11.8 Å². The Bertz CT molecular complexity index is 595. The first-order valence-corrected chi connectivity index (χ1v) is 6.70. The summed E-state index contributed by atoms with van der Waals surface area (Å²) in [6, 6.07) is 5.53. The van der Waals surface area contributed by atoms with Crippen LogP contribution in [0.2, 0.25) is 5.02 Å². The monoisotopic (exact) mass is 266 g/mol. The second-order valence-electron chi connectivity index (χ2n) is 4.44. The van der Waals surface area contributed by atoms with Crippen LogP contribution in [0.3, 0.4) is 0 Å². The predicted molar refractivity (Wildman–Crippen MR) is 70.5 cm³/mol. The first kappa shape index (κ1) is 11.0. The Morgan fingerprint density at radius 3 is 3.06 bits per heavy atom. The zero-order chi connectivity index (χ0) is 12.0. The lowest BCUT2D eigenvalue weighted by Gasteiger charge is -1.97. The van der Waals surface area contributed by atoms with Crippen molar-refractivity contribution in [2.24, 2.45) is 11.8 Å². The van der Waals surface area contributed by atoms with E-state index < -0.39 is 0 Å². The lowest BCUT2D eigenvalue weighted by atomic mass is 10.3. The highest BCUT2D eigenvalue weighted by molar-refractivity contribution is 7.22. The minimum atomic E-state index is 0.0858. The number of nitrogens with one attached hydrogen (secondary N) is 1. The number of benzene rings is 1. The molecule has 0 spiro atoms. The smallest absolute Gasteiger partial charge is 0.229 e. The number of aromatic nitrogens is 1. The largest absolute Gasteiger partial charge is 0.302 e. The molecule has 88 valence electrons. The lowest BCUT2D eigenvalue weighted by molar-refractivity contribution is -0.117. The van der Waals surface area contributed by atoms with Crippen molar-refractivity contribution in [3.8, 4) is 0 Å². The molecule has 0 radical (unpaired) electrons. The van der Waals surface area contributed by atoms with Crippen molar-refractivity contribution in [1.82, 2.24) is 4.98 Å². The predicted octanol–water partition coefficient (Wildman–Crippen LogP) is 3.54. The zero-order valence-corrected chi connectivity index (χ0v) is 10.8. The summed E-state index contributed by atoms with van der Waals surface area (Å²) >= 11 is 7.36. The maximum Gasteiger partial charge on any atom is 0.229 e. The Morgan fingerprint density at radius 1 is 1.59 bits per heavy atom. The number of hydrogen-bond donors (Lipinski definition) is 1. The van der Waals surface area contributed by atoms with Crippen molar-refractivity contribution in [1.29, 1.82) is 0 Å². The minimum absolute atomic E-state index is 0.0858. The molecule has 1 aliphatic carbocycles. The van der Waals surface area contributed by atoms with Gasteiger partial charge >= 0.3 is 0 Å². The third-order valence-electron chi connectivity index (χ3n) is 3.03. The number of carbonyl (C=O) groups is 1. The highest BCUT2D eigenvalue weighted by Gasteiger charge is 2.39. The van der Waals surface area contributed by atoms with Crippen molar-refractivity contribution in [2.45, 2.75) is 13.3 Å². The molecule has 1 aromatic heterocycles. The molecule has 3 nitrogen and oxygen atoms in total. The van der Waals surface area contributed by atoms with E-state index in [1.165, 1.54) is 11.3 Å². The Hall–Kier alpha value is -1.13. The number of rotatable bonds is 2. The van der Waals surface area contributed by atoms with Gasteiger partial charge < -0.3 is 5.32 Å². The molecule has 0 bridgehead atoms. The van der Waals surface area contributed by atoms with E-state index in [9.17, 15) is 4.79 Å². The minimum Gasteiger partial charge on any atom is -0.302 e. The molecule has 2 aromatic rings. The standard InChI is InChI=1S/C12H11ClN2OS/c1-6-4-8(6)11(16)15-12-14-9-3-2-7(13)5-10(9)17-12/h2-3,5-6,8H,4H2,1H3,(H,14,15,16)/t6-,8-/m0/s1. The van der Waals surface area contributed by atoms with E-state index in [4.69, 9.17) is 11.6 Å². The Kier molecular flexibility index (Phi) is 2.56. The molecule has 1 fully saturated rings. The van der Waals surface area contributed by atoms with Crippen molar-refractivity contribution < 1.29 is 4.79 Å². The second kappa shape index (κ2) is 3.96. The molecule has 0 unspecified atom stereocenters. The van der Waals surface area contributed by atoms with Crippen molar-refractivity contribution >= 4 is 44.2 Å². The van der Waals surface area contributed by atoms with Gasteiger partial charge in [-0.25, -0.2) is 4.98 Å². The number of nitrogens with zero attached hydrogens (tertiary/aromatic N) is 1. The summed E-state index contributed by atoms with van der Waals surface area (Å²) in [5.41, 5.74) is 0.874. The maximum absolute atomic E-state index is 11.8. The summed E-state index contributed by atoms with van der Waals surface area (Å²) in [4.78, 5) is 16.1. The van der Waals surface area contributed by atoms with Crippen LogP contribution in [-0.4, -0.2) is 10.9 Å². The summed E-state index contributed by atoms with van der Waals surface area (Å²) in [6.07, 6.45) is 0.989. The number of amides is 1. The van der Waals surface area contributed by atoms with Crippen LogP contribution in [0.5, 0.6) is 0 Å². The molecule has 1 aliphatic rings. The average molecular weight is 267 g/mol. The fraction of sp³-hybridized carbons (Fsp3) is 0.333. The molecule has 1 saturated carbocycles. The summed E-state index contributed by atoms with van der Waals surface area (Å²) in [5, 5.41) is 4.22. The number of fused-ring (bicyclic) bond motifs is 1. The lowest BCUT2D eigenvalue weighted by Crippen LogP contribution is -2.14. The Balaban J connectivity index is 1.83. The van der Waals surface area contributed by atoms with Gasteiger partial charge in [-0.15, -0.1) is 0 Å². The Morgan fingerprint density at radius 2 is 2.35 bits per heavy atom. The maximum atomic E-state index is 11.8. The number of carbonyl (C=O) groups excluding carboxylic acids is 1. The molecule has 0 saturated heterocycles. The van der Waals surface area contributed by atoms with Gasteiger partial charge in [0.15, 0.2) is 5.13 Å². The number of halogens is 1. The van der Waals surface area contributed by atoms with Gasteiger partial charge in [-0.05, 0) is 30.5 Å². The number of thiazole rings is 1. The van der Waals surface area contributed by atoms with Gasteiger partial charge in [-0.3, -0.25) is 4.79 Å². The van der Waals surface area contributed by atoms with E-state index in [0.717, 1.165) is 16.6 Å². The van der Waals surface area contributed by atoms with Crippen LogP contribution in [0.15, 0.2) is 18.2 Å². The summed E-state index contributed by atoms with van der Waals surface area (Å²) in [5.74, 6) is 0.770. The fourth-order valence-electron chi connectivity index (χ4n) is 1.84. The van der Waals surface area contributed by atoms with Crippen LogP contribution in [0, 0.1) is 11.8 Å². The third kappa shape index (κ3) is 2.15. The van der Waals surface area contributed by atoms with Gasteiger partial charge in [-0.2, -0.15) is 0 Å². The highest BCUT2D eigenvalue weighted by Crippen LogP contribution is 2.39. The van der Waals surface area contributed by atoms with Crippen LogP contribution in [0.25, 0.3) is 10.2 Å². The molecule has 2 atom stereocenters. The normalized spacial score (nSPS) is 22.7. The number of hydrogen-bond acceptors (Lipinski definition) is 3. The van der Waals surface area contributed by atoms with Gasteiger partial charge in [0, 0.05) is 10.9 Å². The average Bonchev–Trinajstić information content (AvgIpc) is 2.87. The molecular weight excluding hydrogens is 256 g/mol. The molecule has 1 amide bonds. The van der Waals surface area contributed by atoms with Crippen molar-refractivity contribution in [2.75, 3.05) is 5.32 Å². The quantitative estimate of drug-likeness (QED) is 0.903. The first-order valence-electron chi connectivity index (χ1n) is 5.50. The molecule has 0 aliphatic heterocycles. The molecule has 1 aromatic carbocycles. The fourth-order valence-corrected chi connectivity index (χ4v) is 2.98. The zero-order valence-electron chi connectivity index (χ0n) is 9.24. The molecule has 17 heavy (non-hydrogen) atoms. The Labute approximate surface area is 108 Å². The second-order valence-corrected chi connectivity index (χ2v) is 5.91. The van der Waals surface area contributed by atoms with Crippen LogP contribution in [0.1, 0.15) is 13.3 Å². The van der Waals surface area contributed by atoms with Crippen LogP contribution in [0.4, 0.5) is 5.13 Å². The SMILES string of the molecule is C[C@H]1C[C@@H]1C(=O)Nc1nc2ccc(Cl)cc2s1. The van der Waals surface area contributed by atoms with Gasteiger partial charge in [-0.1, -0.05) is 29.9 Å². The van der Waals surface area contributed by atoms with Crippen LogP contribution < -0.4 is 5.32 Å². The first-order chi connectivity index (χ1) is 8.13. The van der Waals surface area contributed by atoms with Gasteiger partial charge in [0.2, 0.25) is 5.91 Å². The molecule has 1 heterocycles. The topological polar surface area (TPSA) is 42.0 Å². The third-order valence-corrected chi connectivity index (χ3v) is 4.20. The van der Waals surface area contributed by atoms with Gasteiger partial charge in [0.1, 0.15) is 0 Å². The van der Waals surface area contributed by atoms with Crippen LogP contribution >= 0.6 is 22.9 Å². The highest BCUT2D eigenvalue weighted by atomic mass is 35.5. The van der Waals surface area contributed by atoms with E-state index >= 15 is 0 Å². The molecule has 1 N–H and O–H groups in total. The van der Waals surface area contributed by atoms with Crippen molar-refractivity contribution in [3.63, 3.8) is 0 Å². The summed E-state index contributed by atoms with van der Waals surface area (Å²) < 4.78 is 0.997. The number of anilines is 1.